The Morgan fingerprint density at radius 1 is 1.43 bits per heavy atom. The predicted octanol–water partition coefficient (Wildman–Crippen LogP) is 3.57. The Kier molecular flexibility index (Phi) is 9.65. The van der Waals surface area contributed by atoms with Gasteiger partial charge in [0.05, 0.1) is 17.7 Å². The normalized spacial score (nSPS) is 17.9. The molecule has 5 nitrogen and oxygen atoms in total. The largest absolute Gasteiger partial charge is 0.378 e. The number of aliphatic imine (C=N–C) groups is 1. The zero-order chi connectivity index (χ0) is 15.9. The van der Waals surface area contributed by atoms with Crippen LogP contribution in [0.5, 0.6) is 0 Å². The van der Waals surface area contributed by atoms with Crippen LogP contribution in [0.15, 0.2) is 11.1 Å². The third kappa shape index (κ3) is 6.32. The van der Waals surface area contributed by atoms with Crippen molar-refractivity contribution in [3.8, 4) is 0 Å². The van der Waals surface area contributed by atoms with Crippen LogP contribution in [0.3, 0.4) is 0 Å². The summed E-state index contributed by atoms with van der Waals surface area (Å²) in [7, 11) is 1.89. The van der Waals surface area contributed by atoms with Gasteiger partial charge < -0.3 is 19.9 Å². The first-order valence-corrected chi connectivity index (χ1v) is 8.50. The third-order valence-corrected chi connectivity index (χ3v) is 4.58. The molecule has 0 amide bonds. The first-order chi connectivity index (χ1) is 10.6. The molecular formula is C15H25Cl2IN4O. The lowest BCUT2D eigenvalue weighted by Crippen LogP contribution is -2.38. The predicted molar refractivity (Wildman–Crippen MR) is 107 cm³/mol. The Morgan fingerprint density at radius 2 is 2.22 bits per heavy atom. The van der Waals surface area contributed by atoms with Gasteiger partial charge in [0.1, 0.15) is 5.15 Å². The van der Waals surface area contributed by atoms with Gasteiger partial charge in [0, 0.05) is 32.4 Å². The van der Waals surface area contributed by atoms with Crippen molar-refractivity contribution >= 4 is 53.1 Å². The van der Waals surface area contributed by atoms with Crippen molar-refractivity contribution < 1.29 is 4.74 Å². The summed E-state index contributed by atoms with van der Waals surface area (Å²) in [6, 6.07) is 1.85. The number of ether oxygens (including phenoxy) is 1. The fourth-order valence-corrected chi connectivity index (χ4v) is 2.88. The van der Waals surface area contributed by atoms with Gasteiger partial charge in [-0.15, -0.1) is 24.0 Å². The number of aromatic nitrogens is 1. The van der Waals surface area contributed by atoms with Crippen molar-refractivity contribution in [3.05, 3.63) is 21.9 Å². The van der Waals surface area contributed by atoms with Gasteiger partial charge in [-0.1, -0.05) is 23.2 Å². The van der Waals surface area contributed by atoms with Gasteiger partial charge in [0.2, 0.25) is 0 Å². The van der Waals surface area contributed by atoms with Gasteiger partial charge >= 0.3 is 0 Å². The van der Waals surface area contributed by atoms with Crippen LogP contribution in [0, 0.1) is 0 Å². The SMILES string of the molecule is CCNC(=NCc1cc(Cl)c(Cl)n1C)NCCC1CCCO1.I. The van der Waals surface area contributed by atoms with E-state index >= 15 is 0 Å². The summed E-state index contributed by atoms with van der Waals surface area (Å²) in [5.74, 6) is 0.800. The summed E-state index contributed by atoms with van der Waals surface area (Å²) >= 11 is 12.1. The molecule has 2 heterocycles. The lowest BCUT2D eigenvalue weighted by atomic mass is 10.2. The van der Waals surface area contributed by atoms with E-state index in [4.69, 9.17) is 27.9 Å². The Bertz CT molecular complexity index is 516. The summed E-state index contributed by atoms with van der Waals surface area (Å²) in [5, 5.41) is 7.69. The zero-order valence-electron chi connectivity index (χ0n) is 13.6. The minimum atomic E-state index is 0. The molecule has 1 saturated heterocycles. The van der Waals surface area contributed by atoms with Crippen LogP contribution in [0.1, 0.15) is 31.9 Å². The lowest BCUT2D eigenvalue weighted by Gasteiger charge is -2.13. The molecule has 2 rings (SSSR count). The van der Waals surface area contributed by atoms with Gasteiger partial charge in [-0.3, -0.25) is 0 Å². The van der Waals surface area contributed by atoms with Crippen LogP contribution in [-0.4, -0.2) is 36.3 Å². The Balaban J connectivity index is 0.00000264. The monoisotopic (exact) mass is 474 g/mol. The number of hydrogen-bond acceptors (Lipinski definition) is 2. The van der Waals surface area contributed by atoms with Crippen molar-refractivity contribution in [2.75, 3.05) is 19.7 Å². The molecular weight excluding hydrogens is 450 g/mol. The second-order valence-corrected chi connectivity index (χ2v) is 6.14. The molecule has 0 aromatic carbocycles. The zero-order valence-corrected chi connectivity index (χ0v) is 17.4. The van der Waals surface area contributed by atoms with Gasteiger partial charge in [0.25, 0.3) is 0 Å². The van der Waals surface area contributed by atoms with E-state index in [1.54, 1.807) is 0 Å². The van der Waals surface area contributed by atoms with E-state index in [1.165, 1.54) is 6.42 Å². The average Bonchev–Trinajstić information content (AvgIpc) is 3.10. The number of guanidine groups is 1. The molecule has 132 valence electrons. The molecule has 1 aromatic rings. The van der Waals surface area contributed by atoms with Crippen LogP contribution >= 0.6 is 47.2 Å². The molecule has 1 aliphatic rings. The van der Waals surface area contributed by atoms with Crippen molar-refractivity contribution in [1.82, 2.24) is 15.2 Å². The Hall–Kier alpha value is -0.180. The van der Waals surface area contributed by atoms with E-state index in [-0.39, 0.29) is 24.0 Å². The fourth-order valence-electron chi connectivity index (χ4n) is 2.47. The van der Waals surface area contributed by atoms with Gasteiger partial charge in [-0.05, 0) is 32.3 Å². The first-order valence-electron chi connectivity index (χ1n) is 7.75. The molecule has 23 heavy (non-hydrogen) atoms. The quantitative estimate of drug-likeness (QED) is 0.376. The third-order valence-electron chi connectivity index (χ3n) is 3.74. The van der Waals surface area contributed by atoms with E-state index in [9.17, 15) is 0 Å². The molecule has 0 bridgehead atoms. The van der Waals surface area contributed by atoms with Crippen LogP contribution < -0.4 is 10.6 Å². The Labute approximate surface area is 165 Å². The Morgan fingerprint density at radius 3 is 2.78 bits per heavy atom. The molecule has 8 heteroatoms. The molecule has 1 aromatic heterocycles. The maximum absolute atomic E-state index is 6.07. The number of halogens is 3. The molecule has 2 N–H and O–H groups in total. The molecule has 1 fully saturated rings. The van der Waals surface area contributed by atoms with Crippen LogP contribution in [0.2, 0.25) is 10.2 Å². The van der Waals surface area contributed by atoms with Gasteiger partial charge in [-0.25, -0.2) is 4.99 Å². The van der Waals surface area contributed by atoms with E-state index in [2.05, 4.69) is 15.6 Å². The van der Waals surface area contributed by atoms with Crippen LogP contribution in [0.25, 0.3) is 0 Å². The van der Waals surface area contributed by atoms with Crippen LogP contribution in [0.4, 0.5) is 0 Å². The number of nitrogens with one attached hydrogen (secondary N) is 2. The summed E-state index contributed by atoms with van der Waals surface area (Å²) in [4.78, 5) is 4.58. The highest BCUT2D eigenvalue weighted by atomic mass is 127. The van der Waals surface area contributed by atoms with Crippen molar-refractivity contribution in [2.24, 2.45) is 12.0 Å². The minimum absolute atomic E-state index is 0. The standard InChI is InChI=1S/C15H24Cl2N4O.HI/c1-3-18-15(19-7-6-12-5-4-8-22-12)20-10-11-9-13(16)14(17)21(11)2;/h9,12H,3-8,10H2,1-2H3,(H2,18,19,20);1H. The fraction of sp³-hybridized carbons (Fsp3) is 0.667. The summed E-state index contributed by atoms with van der Waals surface area (Å²) in [6.45, 7) is 5.14. The average molecular weight is 475 g/mol. The summed E-state index contributed by atoms with van der Waals surface area (Å²) in [6.07, 6.45) is 3.73. The molecule has 1 atom stereocenters. The molecule has 0 aliphatic carbocycles. The highest BCUT2D eigenvalue weighted by Crippen LogP contribution is 2.25. The minimum Gasteiger partial charge on any atom is -0.378 e. The van der Waals surface area contributed by atoms with E-state index in [1.807, 2.05) is 24.6 Å². The van der Waals surface area contributed by atoms with Crippen molar-refractivity contribution in [1.29, 1.82) is 0 Å². The van der Waals surface area contributed by atoms with E-state index in [0.29, 0.717) is 22.8 Å². The molecule has 1 unspecified atom stereocenters. The number of rotatable bonds is 6. The van der Waals surface area contributed by atoms with Crippen molar-refractivity contribution in [2.45, 2.75) is 38.8 Å². The maximum Gasteiger partial charge on any atom is 0.191 e. The van der Waals surface area contributed by atoms with E-state index < -0.39 is 0 Å². The summed E-state index contributed by atoms with van der Waals surface area (Å²) in [5.41, 5.74) is 0.978. The lowest BCUT2D eigenvalue weighted by molar-refractivity contribution is 0.105. The summed E-state index contributed by atoms with van der Waals surface area (Å²) < 4.78 is 7.47. The highest BCUT2D eigenvalue weighted by molar-refractivity contribution is 14.0. The molecule has 1 aliphatic heterocycles. The number of hydrogen-bond donors (Lipinski definition) is 2. The maximum atomic E-state index is 6.07. The number of nitrogens with zero attached hydrogens (tertiary/aromatic N) is 2. The second-order valence-electron chi connectivity index (χ2n) is 5.38. The molecule has 0 radical (unpaired) electrons. The first kappa shape index (κ1) is 20.9. The van der Waals surface area contributed by atoms with E-state index in [0.717, 1.165) is 44.2 Å². The van der Waals surface area contributed by atoms with Gasteiger partial charge in [-0.2, -0.15) is 0 Å². The van der Waals surface area contributed by atoms with Crippen LogP contribution in [-0.2, 0) is 18.3 Å². The smallest absolute Gasteiger partial charge is 0.191 e. The molecule has 0 saturated carbocycles. The van der Waals surface area contributed by atoms with Crippen molar-refractivity contribution in [3.63, 3.8) is 0 Å². The molecule has 0 spiro atoms. The van der Waals surface area contributed by atoms with Gasteiger partial charge in [0.15, 0.2) is 5.96 Å². The second kappa shape index (κ2) is 10.6. The topological polar surface area (TPSA) is 50.6 Å². The highest BCUT2D eigenvalue weighted by Gasteiger charge is 2.15.